The van der Waals surface area contributed by atoms with Crippen LogP contribution in [0.4, 0.5) is 11.6 Å². The van der Waals surface area contributed by atoms with Crippen molar-refractivity contribution in [1.29, 1.82) is 0 Å². The molecule has 10 heteroatoms. The highest BCUT2D eigenvalue weighted by Crippen LogP contribution is 2.23. The third-order valence-electron chi connectivity index (χ3n) is 4.23. The van der Waals surface area contributed by atoms with Crippen LogP contribution in [0.1, 0.15) is 10.4 Å². The van der Waals surface area contributed by atoms with Crippen LogP contribution in [-0.2, 0) is 10.0 Å². The van der Waals surface area contributed by atoms with Crippen molar-refractivity contribution in [3.8, 4) is 11.3 Å². The predicted octanol–water partition coefficient (Wildman–Crippen LogP) is 2.49. The molecule has 2 heterocycles. The predicted molar refractivity (Wildman–Crippen MR) is 106 cm³/mol. The van der Waals surface area contributed by atoms with Gasteiger partial charge in [-0.05, 0) is 48.5 Å². The van der Waals surface area contributed by atoms with Crippen LogP contribution in [0.15, 0.2) is 71.6 Å². The van der Waals surface area contributed by atoms with E-state index in [0.29, 0.717) is 23.0 Å². The number of benzene rings is 2. The average Bonchev–Trinajstić information content (AvgIpc) is 3.10. The summed E-state index contributed by atoms with van der Waals surface area (Å²) in [6.07, 6.45) is 0. The van der Waals surface area contributed by atoms with Crippen LogP contribution in [-0.4, -0.2) is 34.1 Å². The number of hydrogen-bond acceptors (Lipinski definition) is 6. The van der Waals surface area contributed by atoms with Crippen LogP contribution in [0, 0.1) is 0 Å². The topological polar surface area (TPSA) is 140 Å². The SMILES string of the molecule is NS(=O)(=O)c1ccc(-c2cccc3nc(Nc4ccc(C(=O)O)cc4)nn23)cc1. The average molecular weight is 409 g/mol. The molecule has 4 aromatic rings. The molecule has 0 fully saturated rings. The number of fused-ring (bicyclic) bond motifs is 1. The molecular weight excluding hydrogens is 394 g/mol. The minimum absolute atomic E-state index is 0.0270. The standard InChI is InChI=1S/C19H15N5O4S/c20-29(27,28)15-10-6-12(7-11-15)16-2-1-3-17-22-19(23-24(16)17)21-14-8-4-13(5-9-14)18(25)26/h1-11H,(H,21,23)(H,25,26)(H2,20,27,28). The lowest BCUT2D eigenvalue weighted by molar-refractivity contribution is 0.0697. The Hall–Kier alpha value is -3.76. The minimum atomic E-state index is -3.76. The maximum absolute atomic E-state index is 11.4. The molecule has 0 saturated carbocycles. The van der Waals surface area contributed by atoms with Crippen LogP contribution < -0.4 is 10.5 Å². The number of carboxylic acids is 1. The van der Waals surface area contributed by atoms with Gasteiger partial charge in [-0.2, -0.15) is 4.98 Å². The summed E-state index contributed by atoms with van der Waals surface area (Å²) in [6, 6.07) is 17.8. The van der Waals surface area contributed by atoms with Gasteiger partial charge in [-0.25, -0.2) is 22.9 Å². The molecule has 0 bridgehead atoms. The highest BCUT2D eigenvalue weighted by atomic mass is 32.2. The second kappa shape index (κ2) is 7.00. The van der Waals surface area contributed by atoms with E-state index in [0.717, 1.165) is 5.56 Å². The molecule has 0 aliphatic heterocycles. The molecule has 29 heavy (non-hydrogen) atoms. The van der Waals surface area contributed by atoms with E-state index in [2.05, 4.69) is 15.4 Å². The molecule has 0 amide bonds. The molecule has 4 N–H and O–H groups in total. The fraction of sp³-hybridized carbons (Fsp3) is 0. The van der Waals surface area contributed by atoms with Crippen molar-refractivity contribution in [3.05, 3.63) is 72.3 Å². The van der Waals surface area contributed by atoms with Gasteiger partial charge in [0, 0.05) is 11.3 Å². The van der Waals surface area contributed by atoms with Crippen LogP contribution in [0.3, 0.4) is 0 Å². The van der Waals surface area contributed by atoms with Crippen molar-refractivity contribution >= 4 is 33.3 Å². The van der Waals surface area contributed by atoms with Crippen LogP contribution in [0.2, 0.25) is 0 Å². The number of anilines is 2. The second-order valence-electron chi connectivity index (χ2n) is 6.19. The quantitative estimate of drug-likeness (QED) is 0.460. The van der Waals surface area contributed by atoms with Gasteiger partial charge >= 0.3 is 5.97 Å². The first-order valence-electron chi connectivity index (χ1n) is 8.41. The van der Waals surface area contributed by atoms with Gasteiger partial charge in [0.15, 0.2) is 5.65 Å². The van der Waals surface area contributed by atoms with Crippen molar-refractivity contribution in [2.75, 3.05) is 5.32 Å². The Bertz CT molecular complexity index is 1310. The number of pyridine rings is 1. The first-order chi connectivity index (χ1) is 13.8. The van der Waals surface area contributed by atoms with E-state index in [1.165, 1.54) is 24.3 Å². The van der Waals surface area contributed by atoms with Gasteiger partial charge in [0.25, 0.3) is 0 Å². The van der Waals surface area contributed by atoms with Gasteiger partial charge < -0.3 is 10.4 Å². The van der Waals surface area contributed by atoms with E-state index >= 15 is 0 Å². The smallest absolute Gasteiger partial charge is 0.335 e. The molecular formula is C19H15N5O4S. The molecule has 2 aromatic heterocycles. The highest BCUT2D eigenvalue weighted by Gasteiger charge is 2.12. The second-order valence-corrected chi connectivity index (χ2v) is 7.75. The summed E-state index contributed by atoms with van der Waals surface area (Å²) in [5.41, 5.74) is 2.87. The van der Waals surface area contributed by atoms with Crippen molar-refractivity contribution in [1.82, 2.24) is 14.6 Å². The summed E-state index contributed by atoms with van der Waals surface area (Å²) in [5, 5.41) is 21.6. The first-order valence-corrected chi connectivity index (χ1v) is 9.95. The molecule has 4 rings (SSSR count). The zero-order chi connectivity index (χ0) is 20.6. The van der Waals surface area contributed by atoms with Gasteiger partial charge in [0.1, 0.15) is 0 Å². The maximum Gasteiger partial charge on any atom is 0.335 e. The normalized spacial score (nSPS) is 11.5. The zero-order valence-electron chi connectivity index (χ0n) is 14.9. The summed E-state index contributed by atoms with van der Waals surface area (Å²) in [4.78, 5) is 15.4. The Morgan fingerprint density at radius 3 is 2.31 bits per heavy atom. The maximum atomic E-state index is 11.4. The zero-order valence-corrected chi connectivity index (χ0v) is 15.7. The molecule has 2 aromatic carbocycles. The van der Waals surface area contributed by atoms with Crippen LogP contribution in [0.25, 0.3) is 16.9 Å². The number of nitrogens with two attached hydrogens (primary N) is 1. The van der Waals surface area contributed by atoms with Gasteiger partial charge in [0.05, 0.1) is 16.2 Å². The monoisotopic (exact) mass is 409 g/mol. The fourth-order valence-corrected chi connectivity index (χ4v) is 3.33. The summed E-state index contributed by atoms with van der Waals surface area (Å²) in [6.45, 7) is 0. The van der Waals surface area contributed by atoms with Crippen molar-refractivity contribution in [2.24, 2.45) is 5.14 Å². The number of aromatic nitrogens is 3. The molecule has 146 valence electrons. The van der Waals surface area contributed by atoms with E-state index in [9.17, 15) is 13.2 Å². The fourth-order valence-electron chi connectivity index (χ4n) is 2.82. The Balaban J connectivity index is 1.67. The Labute approximate surface area is 165 Å². The lowest BCUT2D eigenvalue weighted by Gasteiger charge is -2.05. The van der Waals surface area contributed by atoms with Crippen molar-refractivity contribution < 1.29 is 18.3 Å². The number of primary sulfonamides is 1. The Morgan fingerprint density at radius 1 is 1.00 bits per heavy atom. The van der Waals surface area contributed by atoms with E-state index < -0.39 is 16.0 Å². The van der Waals surface area contributed by atoms with Gasteiger partial charge in [-0.3, -0.25) is 0 Å². The van der Waals surface area contributed by atoms with Gasteiger partial charge in [0.2, 0.25) is 16.0 Å². The molecule has 0 unspecified atom stereocenters. The van der Waals surface area contributed by atoms with E-state index in [4.69, 9.17) is 10.2 Å². The minimum Gasteiger partial charge on any atom is -0.478 e. The molecule has 0 saturated heterocycles. The molecule has 0 aliphatic rings. The third kappa shape index (κ3) is 3.79. The molecule has 0 aliphatic carbocycles. The number of aromatic carboxylic acids is 1. The van der Waals surface area contributed by atoms with Gasteiger partial charge in [-0.1, -0.05) is 18.2 Å². The number of sulfonamides is 1. The van der Waals surface area contributed by atoms with E-state index in [-0.39, 0.29) is 10.5 Å². The summed E-state index contributed by atoms with van der Waals surface area (Å²) in [5.74, 6) is -0.665. The molecule has 0 atom stereocenters. The number of hydrogen-bond donors (Lipinski definition) is 3. The van der Waals surface area contributed by atoms with Gasteiger partial charge in [-0.15, -0.1) is 5.10 Å². The number of carboxylic acid groups (broad SMARTS) is 1. The number of nitrogens with zero attached hydrogens (tertiary/aromatic N) is 3. The largest absolute Gasteiger partial charge is 0.478 e. The first kappa shape index (κ1) is 18.6. The summed E-state index contributed by atoms with van der Waals surface area (Å²) in [7, 11) is -3.76. The van der Waals surface area contributed by atoms with Crippen molar-refractivity contribution in [3.63, 3.8) is 0 Å². The third-order valence-corrected chi connectivity index (χ3v) is 5.16. The number of nitrogens with one attached hydrogen (secondary N) is 1. The van der Waals surface area contributed by atoms with Crippen molar-refractivity contribution in [2.45, 2.75) is 4.90 Å². The highest BCUT2D eigenvalue weighted by molar-refractivity contribution is 7.89. The lowest BCUT2D eigenvalue weighted by Crippen LogP contribution is -2.11. The Kier molecular flexibility index (Phi) is 4.49. The Morgan fingerprint density at radius 2 is 1.69 bits per heavy atom. The van der Waals surface area contributed by atoms with E-state index in [1.807, 2.05) is 12.1 Å². The summed E-state index contributed by atoms with van der Waals surface area (Å²) < 4.78 is 24.5. The summed E-state index contributed by atoms with van der Waals surface area (Å²) >= 11 is 0. The van der Waals surface area contributed by atoms with Crippen LogP contribution in [0.5, 0.6) is 0 Å². The number of carbonyl (C=O) groups is 1. The molecule has 0 spiro atoms. The number of rotatable bonds is 5. The van der Waals surface area contributed by atoms with Crippen LogP contribution >= 0.6 is 0 Å². The molecule has 0 radical (unpaired) electrons. The van der Waals surface area contributed by atoms with E-state index in [1.54, 1.807) is 34.8 Å². The lowest BCUT2D eigenvalue weighted by atomic mass is 10.1. The molecule has 9 nitrogen and oxygen atoms in total.